The Balaban J connectivity index is 1.80. The van der Waals surface area contributed by atoms with Gasteiger partial charge in [-0.25, -0.2) is 8.42 Å². The van der Waals surface area contributed by atoms with Crippen molar-refractivity contribution in [3.63, 3.8) is 0 Å². The number of phenols is 1. The summed E-state index contributed by atoms with van der Waals surface area (Å²) in [5.74, 6) is 1.19. The van der Waals surface area contributed by atoms with Gasteiger partial charge in [-0.15, -0.1) is 0 Å². The van der Waals surface area contributed by atoms with Crippen LogP contribution in [-0.2, 0) is 17.1 Å². The van der Waals surface area contributed by atoms with Gasteiger partial charge in [-0.1, -0.05) is 0 Å². The van der Waals surface area contributed by atoms with Gasteiger partial charge in [0.05, 0.1) is 37.4 Å². The summed E-state index contributed by atoms with van der Waals surface area (Å²) < 4.78 is 46.6. The van der Waals surface area contributed by atoms with Crippen LogP contribution in [0.1, 0.15) is 0 Å². The summed E-state index contributed by atoms with van der Waals surface area (Å²) in [4.78, 5) is 0.106. The maximum absolute atomic E-state index is 13.1. The molecule has 0 saturated heterocycles. The molecule has 162 valence electrons. The second-order valence-corrected chi connectivity index (χ2v) is 8.64. The van der Waals surface area contributed by atoms with Crippen molar-refractivity contribution < 1.29 is 27.7 Å². The number of hydrogen-bond acceptors (Lipinski definition) is 6. The number of sulfonamides is 1. The number of fused-ring (bicyclic) bond motifs is 3. The van der Waals surface area contributed by atoms with Crippen LogP contribution in [0.4, 0.5) is 5.69 Å². The van der Waals surface area contributed by atoms with Gasteiger partial charge < -0.3 is 23.9 Å². The van der Waals surface area contributed by atoms with Crippen molar-refractivity contribution in [2.24, 2.45) is 7.05 Å². The standard InChI is InChI=1S/C22H22N2O6S/c1-24-18-8-6-15(12-17(18)16-7-5-14(25)11-19(16)24)31(26,27)23-13-9-20(28-2)22(30-4)21(10-13)29-3/h5-12,23,25H,1-4H3. The third-order valence-corrected chi connectivity index (χ3v) is 6.57. The van der Waals surface area contributed by atoms with Crippen molar-refractivity contribution in [3.05, 3.63) is 48.5 Å². The first-order chi connectivity index (χ1) is 14.8. The summed E-state index contributed by atoms with van der Waals surface area (Å²) >= 11 is 0. The Kier molecular flexibility index (Phi) is 5.06. The minimum atomic E-state index is -3.90. The van der Waals surface area contributed by atoms with Crippen molar-refractivity contribution in [1.82, 2.24) is 4.57 Å². The van der Waals surface area contributed by atoms with E-state index in [-0.39, 0.29) is 16.3 Å². The van der Waals surface area contributed by atoms with Crippen molar-refractivity contribution in [1.29, 1.82) is 0 Å². The Morgan fingerprint density at radius 3 is 2.13 bits per heavy atom. The number of anilines is 1. The van der Waals surface area contributed by atoms with Crippen LogP contribution in [0.25, 0.3) is 21.8 Å². The van der Waals surface area contributed by atoms with Gasteiger partial charge >= 0.3 is 0 Å². The molecule has 31 heavy (non-hydrogen) atoms. The Morgan fingerprint density at radius 2 is 1.52 bits per heavy atom. The number of aromatic hydroxyl groups is 1. The second kappa shape index (κ2) is 7.59. The molecule has 4 aromatic rings. The zero-order chi connectivity index (χ0) is 22.3. The fourth-order valence-corrected chi connectivity index (χ4v) is 4.77. The zero-order valence-electron chi connectivity index (χ0n) is 17.5. The number of benzene rings is 3. The molecule has 0 bridgehead atoms. The van der Waals surface area contributed by atoms with Gasteiger partial charge in [-0.05, 0) is 30.3 Å². The quantitative estimate of drug-likeness (QED) is 0.470. The molecule has 0 saturated carbocycles. The van der Waals surface area contributed by atoms with Crippen LogP contribution in [0.3, 0.4) is 0 Å². The molecule has 2 N–H and O–H groups in total. The third kappa shape index (κ3) is 3.46. The SMILES string of the molecule is COc1cc(NS(=O)(=O)c2ccc3c(c2)c2ccc(O)cc2n3C)cc(OC)c1OC. The molecule has 0 radical (unpaired) electrons. The van der Waals surface area contributed by atoms with Crippen LogP contribution in [0.15, 0.2) is 53.4 Å². The van der Waals surface area contributed by atoms with E-state index in [0.29, 0.717) is 17.2 Å². The van der Waals surface area contributed by atoms with E-state index < -0.39 is 10.0 Å². The molecule has 9 heteroatoms. The molecule has 4 rings (SSSR count). The molecular weight excluding hydrogens is 420 g/mol. The molecule has 0 fully saturated rings. The van der Waals surface area contributed by atoms with Gasteiger partial charge in [0, 0.05) is 41.5 Å². The summed E-state index contributed by atoms with van der Waals surface area (Å²) in [6.45, 7) is 0. The highest BCUT2D eigenvalue weighted by Crippen LogP contribution is 2.40. The molecular formula is C22H22N2O6S. The number of methoxy groups -OCH3 is 3. The van der Waals surface area contributed by atoms with Crippen LogP contribution in [0.2, 0.25) is 0 Å². The Morgan fingerprint density at radius 1 is 0.839 bits per heavy atom. The van der Waals surface area contributed by atoms with Gasteiger partial charge in [-0.2, -0.15) is 0 Å². The van der Waals surface area contributed by atoms with Crippen LogP contribution in [0.5, 0.6) is 23.0 Å². The van der Waals surface area contributed by atoms with Gasteiger partial charge in [0.25, 0.3) is 10.0 Å². The zero-order valence-corrected chi connectivity index (χ0v) is 18.3. The molecule has 0 unspecified atom stereocenters. The van der Waals surface area contributed by atoms with Crippen molar-refractivity contribution in [2.75, 3.05) is 26.1 Å². The fraction of sp³-hybridized carbons (Fsp3) is 0.182. The van der Waals surface area contributed by atoms with E-state index in [0.717, 1.165) is 21.8 Å². The van der Waals surface area contributed by atoms with Crippen LogP contribution in [0, 0.1) is 0 Å². The number of hydrogen-bond donors (Lipinski definition) is 2. The van der Waals surface area contributed by atoms with Crippen LogP contribution < -0.4 is 18.9 Å². The average molecular weight is 442 g/mol. The minimum Gasteiger partial charge on any atom is -0.508 e. The molecule has 0 aliphatic rings. The summed E-state index contributed by atoms with van der Waals surface area (Å²) in [5.41, 5.74) is 1.94. The van der Waals surface area contributed by atoms with E-state index in [1.165, 1.54) is 33.5 Å². The van der Waals surface area contributed by atoms with E-state index in [1.807, 2.05) is 11.6 Å². The van der Waals surface area contributed by atoms with Gasteiger partial charge in [0.15, 0.2) is 11.5 Å². The van der Waals surface area contributed by atoms with Crippen molar-refractivity contribution in [3.8, 4) is 23.0 Å². The highest BCUT2D eigenvalue weighted by atomic mass is 32.2. The van der Waals surface area contributed by atoms with Crippen LogP contribution in [-0.4, -0.2) is 39.4 Å². The van der Waals surface area contributed by atoms with Crippen LogP contribution >= 0.6 is 0 Å². The third-order valence-electron chi connectivity index (χ3n) is 5.19. The molecule has 0 aliphatic carbocycles. The number of phenolic OH excluding ortho intramolecular Hbond substituents is 1. The summed E-state index contributed by atoms with van der Waals surface area (Å²) in [5, 5.41) is 11.4. The number of rotatable bonds is 6. The Labute approximate surface area is 179 Å². The van der Waals surface area contributed by atoms with Gasteiger partial charge in [-0.3, -0.25) is 4.72 Å². The number of ether oxygens (including phenoxy) is 3. The lowest BCUT2D eigenvalue weighted by atomic mass is 10.1. The Bertz CT molecular complexity index is 1380. The number of aromatic nitrogens is 1. The van der Waals surface area contributed by atoms with E-state index >= 15 is 0 Å². The average Bonchev–Trinajstić information content (AvgIpc) is 3.03. The first kappa shape index (κ1) is 20.7. The van der Waals surface area contributed by atoms with Crippen molar-refractivity contribution >= 4 is 37.5 Å². The molecule has 0 atom stereocenters. The van der Waals surface area contributed by atoms with Gasteiger partial charge in [0.1, 0.15) is 5.75 Å². The molecule has 1 aromatic heterocycles. The first-order valence-electron chi connectivity index (χ1n) is 9.33. The molecule has 1 heterocycles. The molecule has 0 aliphatic heterocycles. The smallest absolute Gasteiger partial charge is 0.261 e. The predicted molar refractivity (Wildman–Crippen MR) is 119 cm³/mol. The van der Waals surface area contributed by atoms with E-state index in [2.05, 4.69) is 4.72 Å². The normalized spacial score (nSPS) is 11.6. The minimum absolute atomic E-state index is 0.106. The lowest BCUT2D eigenvalue weighted by Gasteiger charge is -2.15. The molecule has 0 spiro atoms. The summed E-state index contributed by atoms with van der Waals surface area (Å²) in [7, 11) is 2.36. The Hall–Kier alpha value is -3.59. The largest absolute Gasteiger partial charge is 0.508 e. The first-order valence-corrected chi connectivity index (χ1v) is 10.8. The molecule has 8 nitrogen and oxygen atoms in total. The lowest BCUT2D eigenvalue weighted by molar-refractivity contribution is 0.325. The highest BCUT2D eigenvalue weighted by Gasteiger charge is 2.20. The number of nitrogens with one attached hydrogen (secondary N) is 1. The lowest BCUT2D eigenvalue weighted by Crippen LogP contribution is -2.13. The van der Waals surface area contributed by atoms with E-state index in [1.54, 1.807) is 36.4 Å². The van der Waals surface area contributed by atoms with Crippen molar-refractivity contribution in [2.45, 2.75) is 4.90 Å². The molecule has 0 amide bonds. The fourth-order valence-electron chi connectivity index (χ4n) is 3.70. The monoisotopic (exact) mass is 442 g/mol. The highest BCUT2D eigenvalue weighted by molar-refractivity contribution is 7.92. The topological polar surface area (TPSA) is 99.0 Å². The maximum Gasteiger partial charge on any atom is 0.261 e. The second-order valence-electron chi connectivity index (χ2n) is 6.96. The molecule has 3 aromatic carbocycles. The maximum atomic E-state index is 13.1. The van der Waals surface area contributed by atoms with E-state index in [4.69, 9.17) is 14.2 Å². The van der Waals surface area contributed by atoms with E-state index in [9.17, 15) is 13.5 Å². The summed E-state index contributed by atoms with van der Waals surface area (Å²) in [6.07, 6.45) is 0. The number of aryl methyl sites for hydroxylation is 1. The number of nitrogens with zero attached hydrogens (tertiary/aromatic N) is 1. The van der Waals surface area contributed by atoms with Gasteiger partial charge in [0.2, 0.25) is 5.75 Å². The predicted octanol–water partition coefficient (Wildman–Crippen LogP) is 3.86. The summed E-state index contributed by atoms with van der Waals surface area (Å²) in [6, 6.07) is 13.0.